The van der Waals surface area contributed by atoms with Crippen LogP contribution in [0.1, 0.15) is 34.6 Å². The Morgan fingerprint density at radius 2 is 1.07 bits per heavy atom. The highest BCUT2D eigenvalue weighted by atomic mass is 16.7. The second-order valence-electron chi connectivity index (χ2n) is 5.68. The molecule has 1 saturated heterocycles. The second kappa shape index (κ2) is 9.86. The maximum Gasteiger partial charge on any atom is 0.305 e. The van der Waals surface area contributed by atoms with Crippen molar-refractivity contribution in [1.82, 2.24) is 0 Å². The van der Waals surface area contributed by atoms with Gasteiger partial charge in [-0.1, -0.05) is 0 Å². The van der Waals surface area contributed by atoms with Crippen LogP contribution in [0.4, 0.5) is 0 Å². The Morgan fingerprint density at radius 3 is 1.52 bits per heavy atom. The molecule has 0 bridgehead atoms. The summed E-state index contributed by atoms with van der Waals surface area (Å²) in [6, 6.07) is 0. The summed E-state index contributed by atoms with van der Waals surface area (Å²) < 4.78 is 30.8. The number of hydrogen-bond donors (Lipinski definition) is 0. The summed E-state index contributed by atoms with van der Waals surface area (Å²) >= 11 is 0. The molecule has 1 aliphatic rings. The molecule has 0 aromatic heterocycles. The summed E-state index contributed by atoms with van der Waals surface area (Å²) in [6.07, 6.45) is -6.70. The average molecular weight is 390 g/mol. The molecule has 1 rings (SSSR count). The molecular formula is C16H22O11. The zero-order valence-corrected chi connectivity index (χ0v) is 15.6. The van der Waals surface area contributed by atoms with Gasteiger partial charge in [-0.2, -0.15) is 0 Å². The van der Waals surface area contributed by atoms with Crippen LogP contribution in [0.2, 0.25) is 0 Å². The molecule has 27 heavy (non-hydrogen) atoms. The molecule has 1 heterocycles. The highest BCUT2D eigenvalue weighted by Gasteiger charge is 2.53. The fraction of sp³-hybridized carbons (Fsp3) is 0.688. The van der Waals surface area contributed by atoms with Crippen molar-refractivity contribution in [3.8, 4) is 0 Å². The molecule has 0 radical (unpaired) electrons. The number of carbonyl (C=O) groups excluding carboxylic acids is 5. The molecule has 0 N–H and O–H groups in total. The lowest BCUT2D eigenvalue weighted by molar-refractivity contribution is -0.300. The Balaban J connectivity index is 3.29. The van der Waals surface area contributed by atoms with Crippen LogP contribution in [0.15, 0.2) is 0 Å². The summed E-state index contributed by atoms with van der Waals surface area (Å²) in [6.45, 7) is 5.13. The first-order valence-electron chi connectivity index (χ1n) is 7.99. The van der Waals surface area contributed by atoms with Gasteiger partial charge in [0, 0.05) is 34.6 Å². The molecule has 0 aliphatic carbocycles. The number of rotatable bonds is 6. The number of hydrogen-bond acceptors (Lipinski definition) is 11. The molecule has 0 spiro atoms. The van der Waals surface area contributed by atoms with Crippen LogP contribution in [-0.2, 0) is 52.4 Å². The zero-order chi connectivity index (χ0) is 20.7. The SMILES string of the molecule is CC(=O)OCC1O[C@@H](OC(C)=O)C(OC(C)=O)[C@@H](OC(C)=O)[C@@H]1OC(C)=O. The van der Waals surface area contributed by atoms with E-state index in [0.29, 0.717) is 0 Å². The van der Waals surface area contributed by atoms with Gasteiger partial charge in [-0.15, -0.1) is 0 Å². The number of ether oxygens (including phenoxy) is 6. The molecule has 0 aromatic carbocycles. The quantitative estimate of drug-likeness (QED) is 0.433. The van der Waals surface area contributed by atoms with Gasteiger partial charge in [0.15, 0.2) is 12.2 Å². The topological polar surface area (TPSA) is 141 Å². The van der Waals surface area contributed by atoms with Gasteiger partial charge >= 0.3 is 29.8 Å². The van der Waals surface area contributed by atoms with Crippen molar-refractivity contribution in [3.63, 3.8) is 0 Å². The van der Waals surface area contributed by atoms with Gasteiger partial charge in [0.05, 0.1) is 0 Å². The number of carbonyl (C=O) groups is 5. The van der Waals surface area contributed by atoms with Crippen molar-refractivity contribution >= 4 is 29.8 Å². The molecule has 11 nitrogen and oxygen atoms in total. The first-order valence-corrected chi connectivity index (χ1v) is 7.99. The Labute approximate surface area is 155 Å². The zero-order valence-electron chi connectivity index (χ0n) is 15.6. The standard InChI is InChI=1S/C16H22O11/c1-7(17)22-6-12-13(23-8(2)18)14(24-9(3)19)15(25-10(4)20)16(27-12)26-11(5)21/h12-16H,6H2,1-5H3/t12?,13-,14+,15?,16-/m1/s1. The van der Waals surface area contributed by atoms with Gasteiger partial charge < -0.3 is 28.4 Å². The van der Waals surface area contributed by atoms with E-state index in [-0.39, 0.29) is 0 Å². The maximum atomic E-state index is 11.5. The predicted molar refractivity (Wildman–Crippen MR) is 83.7 cm³/mol. The van der Waals surface area contributed by atoms with Crippen LogP contribution in [-0.4, -0.2) is 67.2 Å². The molecule has 0 amide bonds. The predicted octanol–water partition coefficient (Wildman–Crippen LogP) is -0.367. The Bertz CT molecular complexity index is 599. The van der Waals surface area contributed by atoms with Gasteiger partial charge in [-0.25, -0.2) is 0 Å². The Morgan fingerprint density at radius 1 is 0.630 bits per heavy atom. The fourth-order valence-electron chi connectivity index (χ4n) is 2.45. The lowest BCUT2D eigenvalue weighted by atomic mass is 9.98. The van der Waals surface area contributed by atoms with Gasteiger partial charge in [0.1, 0.15) is 12.7 Å². The van der Waals surface area contributed by atoms with Crippen LogP contribution in [0.3, 0.4) is 0 Å². The summed E-state index contributed by atoms with van der Waals surface area (Å²) in [5, 5.41) is 0. The highest BCUT2D eigenvalue weighted by molar-refractivity contribution is 5.69. The largest absolute Gasteiger partial charge is 0.463 e. The summed E-state index contributed by atoms with van der Waals surface area (Å²) in [7, 11) is 0. The number of esters is 5. The van der Waals surface area contributed by atoms with E-state index in [9.17, 15) is 24.0 Å². The molecule has 1 aliphatic heterocycles. The van der Waals surface area contributed by atoms with Crippen molar-refractivity contribution in [1.29, 1.82) is 0 Å². The van der Waals surface area contributed by atoms with Gasteiger partial charge in [-0.3, -0.25) is 24.0 Å². The van der Waals surface area contributed by atoms with E-state index in [2.05, 4.69) is 0 Å². The average Bonchev–Trinajstić information content (AvgIpc) is 2.49. The van der Waals surface area contributed by atoms with Crippen LogP contribution >= 0.6 is 0 Å². The van der Waals surface area contributed by atoms with Crippen molar-refractivity contribution in [2.45, 2.75) is 65.3 Å². The van der Waals surface area contributed by atoms with Gasteiger partial charge in [0.25, 0.3) is 0 Å². The Kier molecular flexibility index (Phi) is 8.16. The fourth-order valence-corrected chi connectivity index (χ4v) is 2.45. The Hall–Kier alpha value is -2.69. The van der Waals surface area contributed by atoms with E-state index in [0.717, 1.165) is 34.6 Å². The smallest absolute Gasteiger partial charge is 0.305 e. The van der Waals surface area contributed by atoms with E-state index in [1.165, 1.54) is 0 Å². The van der Waals surface area contributed by atoms with Crippen LogP contribution in [0.25, 0.3) is 0 Å². The maximum absolute atomic E-state index is 11.5. The summed E-state index contributed by atoms with van der Waals surface area (Å²) in [4.78, 5) is 57.0. The van der Waals surface area contributed by atoms with E-state index in [1.807, 2.05) is 0 Å². The summed E-state index contributed by atoms with van der Waals surface area (Å²) in [5.74, 6) is -3.71. The normalized spacial score (nSPS) is 27.1. The van der Waals surface area contributed by atoms with E-state index in [4.69, 9.17) is 28.4 Å². The molecule has 5 atom stereocenters. The van der Waals surface area contributed by atoms with E-state index in [1.54, 1.807) is 0 Å². The first-order chi connectivity index (χ1) is 12.5. The van der Waals surface area contributed by atoms with E-state index < -0.39 is 67.2 Å². The first kappa shape index (κ1) is 22.4. The lowest BCUT2D eigenvalue weighted by Crippen LogP contribution is -2.63. The minimum absolute atomic E-state index is 0.393. The summed E-state index contributed by atoms with van der Waals surface area (Å²) in [5.41, 5.74) is 0. The molecular weight excluding hydrogens is 368 g/mol. The van der Waals surface area contributed by atoms with Crippen molar-refractivity contribution in [2.24, 2.45) is 0 Å². The monoisotopic (exact) mass is 390 g/mol. The molecule has 2 unspecified atom stereocenters. The second-order valence-corrected chi connectivity index (χ2v) is 5.68. The van der Waals surface area contributed by atoms with Gasteiger partial charge in [-0.05, 0) is 0 Å². The van der Waals surface area contributed by atoms with Crippen molar-refractivity contribution in [2.75, 3.05) is 6.61 Å². The highest BCUT2D eigenvalue weighted by Crippen LogP contribution is 2.29. The third-order valence-electron chi connectivity index (χ3n) is 3.23. The molecule has 1 fully saturated rings. The lowest BCUT2D eigenvalue weighted by Gasteiger charge is -2.43. The third kappa shape index (κ3) is 7.21. The van der Waals surface area contributed by atoms with Crippen LogP contribution < -0.4 is 0 Å². The van der Waals surface area contributed by atoms with Crippen molar-refractivity contribution in [3.05, 3.63) is 0 Å². The van der Waals surface area contributed by atoms with E-state index >= 15 is 0 Å². The van der Waals surface area contributed by atoms with Crippen LogP contribution in [0, 0.1) is 0 Å². The van der Waals surface area contributed by atoms with Gasteiger partial charge in [0.2, 0.25) is 12.4 Å². The van der Waals surface area contributed by atoms with Crippen molar-refractivity contribution < 1.29 is 52.4 Å². The molecule has 152 valence electrons. The minimum atomic E-state index is -1.48. The van der Waals surface area contributed by atoms with Crippen LogP contribution in [0.5, 0.6) is 0 Å². The third-order valence-corrected chi connectivity index (χ3v) is 3.23. The molecule has 0 aromatic rings. The minimum Gasteiger partial charge on any atom is -0.463 e. The molecule has 11 heteroatoms. The molecule has 0 saturated carbocycles.